The summed E-state index contributed by atoms with van der Waals surface area (Å²) in [5.74, 6) is 2.90. The molecule has 0 radical (unpaired) electrons. The Morgan fingerprint density at radius 1 is 1.33 bits per heavy atom. The van der Waals surface area contributed by atoms with Crippen molar-refractivity contribution >= 4 is 41.7 Å². The highest BCUT2D eigenvalue weighted by molar-refractivity contribution is 14.0. The number of nitrogens with one attached hydrogen (secondary N) is 2. The molecular weight excluding hydrogens is 397 g/mol. The number of thioether (sulfide) groups is 1. The van der Waals surface area contributed by atoms with Crippen molar-refractivity contribution in [2.24, 2.45) is 4.99 Å². The van der Waals surface area contributed by atoms with Gasteiger partial charge in [0.25, 0.3) is 0 Å². The zero-order valence-electron chi connectivity index (χ0n) is 13.2. The van der Waals surface area contributed by atoms with Crippen LogP contribution in [0.15, 0.2) is 23.2 Å². The fraction of sp³-hybridized carbons (Fsp3) is 0.533. The third kappa shape index (κ3) is 7.80. The molecule has 6 heteroatoms. The van der Waals surface area contributed by atoms with E-state index in [0.29, 0.717) is 6.54 Å². The molecular formula is C15H26IN3OS. The SMILES string of the molecule is CN=C(NCCCSC)NCc1ccc(C)cc1OC.I. The number of hydrogen-bond acceptors (Lipinski definition) is 3. The van der Waals surface area contributed by atoms with Crippen LogP contribution in [0.5, 0.6) is 5.75 Å². The van der Waals surface area contributed by atoms with Crippen LogP contribution in [0.4, 0.5) is 0 Å². The van der Waals surface area contributed by atoms with Gasteiger partial charge in [0.2, 0.25) is 0 Å². The first-order chi connectivity index (χ1) is 9.71. The van der Waals surface area contributed by atoms with Crippen molar-refractivity contribution in [2.45, 2.75) is 19.9 Å². The van der Waals surface area contributed by atoms with Gasteiger partial charge in [-0.05, 0) is 37.0 Å². The van der Waals surface area contributed by atoms with E-state index in [-0.39, 0.29) is 24.0 Å². The monoisotopic (exact) mass is 423 g/mol. The van der Waals surface area contributed by atoms with Crippen LogP contribution in [0.2, 0.25) is 0 Å². The van der Waals surface area contributed by atoms with E-state index in [0.717, 1.165) is 36.0 Å². The van der Waals surface area contributed by atoms with Gasteiger partial charge in [-0.25, -0.2) is 0 Å². The van der Waals surface area contributed by atoms with Crippen LogP contribution >= 0.6 is 35.7 Å². The Balaban J connectivity index is 0.00000400. The summed E-state index contributed by atoms with van der Waals surface area (Å²) in [6, 6.07) is 6.22. The highest BCUT2D eigenvalue weighted by Crippen LogP contribution is 2.19. The second-order valence-corrected chi connectivity index (χ2v) is 5.50. The molecule has 21 heavy (non-hydrogen) atoms. The molecule has 0 unspecified atom stereocenters. The summed E-state index contributed by atoms with van der Waals surface area (Å²) < 4.78 is 5.40. The molecule has 0 saturated heterocycles. The van der Waals surface area contributed by atoms with Crippen molar-refractivity contribution in [3.63, 3.8) is 0 Å². The van der Waals surface area contributed by atoms with E-state index in [9.17, 15) is 0 Å². The van der Waals surface area contributed by atoms with Gasteiger partial charge >= 0.3 is 0 Å². The van der Waals surface area contributed by atoms with Crippen LogP contribution in [0.25, 0.3) is 0 Å². The lowest BCUT2D eigenvalue weighted by molar-refractivity contribution is 0.408. The zero-order valence-corrected chi connectivity index (χ0v) is 16.4. The van der Waals surface area contributed by atoms with Gasteiger partial charge in [-0.15, -0.1) is 24.0 Å². The van der Waals surface area contributed by atoms with E-state index in [1.807, 2.05) is 17.8 Å². The van der Waals surface area contributed by atoms with E-state index in [2.05, 4.69) is 40.9 Å². The maximum atomic E-state index is 5.40. The summed E-state index contributed by atoms with van der Waals surface area (Å²) in [6.45, 7) is 3.70. The summed E-state index contributed by atoms with van der Waals surface area (Å²) in [5.41, 5.74) is 2.33. The zero-order chi connectivity index (χ0) is 14.8. The van der Waals surface area contributed by atoms with E-state index < -0.39 is 0 Å². The molecule has 0 spiro atoms. The normalized spacial score (nSPS) is 10.8. The van der Waals surface area contributed by atoms with Crippen LogP contribution in [0.3, 0.4) is 0 Å². The van der Waals surface area contributed by atoms with Gasteiger partial charge in [0.05, 0.1) is 7.11 Å². The number of benzene rings is 1. The van der Waals surface area contributed by atoms with Gasteiger partial charge in [0.15, 0.2) is 5.96 Å². The second-order valence-electron chi connectivity index (χ2n) is 4.51. The molecule has 0 saturated carbocycles. The number of guanidine groups is 1. The molecule has 0 amide bonds. The Labute approximate surface area is 149 Å². The topological polar surface area (TPSA) is 45.7 Å². The van der Waals surface area contributed by atoms with Gasteiger partial charge in [-0.3, -0.25) is 4.99 Å². The van der Waals surface area contributed by atoms with Crippen LogP contribution in [-0.2, 0) is 6.54 Å². The molecule has 0 bridgehead atoms. The van der Waals surface area contributed by atoms with Gasteiger partial charge in [-0.1, -0.05) is 12.1 Å². The number of rotatable bonds is 7. The molecule has 0 fully saturated rings. The van der Waals surface area contributed by atoms with Crippen molar-refractivity contribution in [3.05, 3.63) is 29.3 Å². The van der Waals surface area contributed by atoms with E-state index in [1.165, 1.54) is 5.56 Å². The molecule has 0 aliphatic carbocycles. The van der Waals surface area contributed by atoms with Crippen molar-refractivity contribution < 1.29 is 4.74 Å². The van der Waals surface area contributed by atoms with Crippen LogP contribution < -0.4 is 15.4 Å². The summed E-state index contributed by atoms with van der Waals surface area (Å²) in [6.07, 6.45) is 3.26. The second kappa shape index (κ2) is 12.0. The molecule has 2 N–H and O–H groups in total. The fourth-order valence-corrected chi connectivity index (χ4v) is 2.25. The molecule has 0 heterocycles. The standard InChI is InChI=1S/C15H25N3OS.HI/c1-12-6-7-13(14(10-12)19-3)11-18-15(16-2)17-8-5-9-20-4;/h6-7,10H,5,8-9,11H2,1-4H3,(H2,16,17,18);1H. The van der Waals surface area contributed by atoms with Crippen LogP contribution in [-0.4, -0.2) is 38.7 Å². The molecule has 0 aromatic heterocycles. The van der Waals surface area contributed by atoms with Gasteiger partial charge in [0.1, 0.15) is 5.75 Å². The number of methoxy groups -OCH3 is 1. The predicted octanol–water partition coefficient (Wildman–Crippen LogP) is 3.04. The van der Waals surface area contributed by atoms with Crippen molar-refractivity contribution in [1.29, 1.82) is 0 Å². The van der Waals surface area contributed by atoms with Gasteiger partial charge in [-0.2, -0.15) is 11.8 Å². The molecule has 1 aromatic carbocycles. The van der Waals surface area contributed by atoms with Gasteiger partial charge in [0, 0.05) is 25.7 Å². The number of hydrogen-bond donors (Lipinski definition) is 2. The Bertz CT molecular complexity index is 441. The minimum atomic E-state index is 0. The average Bonchev–Trinajstić information content (AvgIpc) is 2.47. The summed E-state index contributed by atoms with van der Waals surface area (Å²) >= 11 is 1.86. The third-order valence-corrected chi connectivity index (χ3v) is 3.63. The van der Waals surface area contributed by atoms with Crippen molar-refractivity contribution in [1.82, 2.24) is 10.6 Å². The first-order valence-electron chi connectivity index (χ1n) is 6.78. The number of nitrogens with zero attached hydrogens (tertiary/aromatic N) is 1. The molecule has 1 aromatic rings. The molecule has 0 atom stereocenters. The Morgan fingerprint density at radius 2 is 2.10 bits per heavy atom. The summed E-state index contributed by atoms with van der Waals surface area (Å²) in [5, 5.41) is 6.62. The lowest BCUT2D eigenvalue weighted by Gasteiger charge is -2.14. The number of halogens is 1. The van der Waals surface area contributed by atoms with E-state index >= 15 is 0 Å². The predicted molar refractivity (Wildman–Crippen MR) is 104 cm³/mol. The van der Waals surface area contributed by atoms with Crippen LogP contribution in [0, 0.1) is 6.92 Å². The van der Waals surface area contributed by atoms with Crippen molar-refractivity contribution in [3.8, 4) is 5.75 Å². The van der Waals surface area contributed by atoms with Crippen LogP contribution in [0.1, 0.15) is 17.5 Å². The van der Waals surface area contributed by atoms with E-state index in [4.69, 9.17) is 4.74 Å². The smallest absolute Gasteiger partial charge is 0.191 e. The quantitative estimate of drug-likeness (QED) is 0.306. The molecule has 0 aliphatic heterocycles. The minimum Gasteiger partial charge on any atom is -0.496 e. The Morgan fingerprint density at radius 3 is 2.71 bits per heavy atom. The van der Waals surface area contributed by atoms with Crippen molar-refractivity contribution in [2.75, 3.05) is 32.7 Å². The van der Waals surface area contributed by atoms with Gasteiger partial charge < -0.3 is 15.4 Å². The largest absolute Gasteiger partial charge is 0.496 e. The maximum absolute atomic E-state index is 5.40. The first-order valence-corrected chi connectivity index (χ1v) is 8.17. The minimum absolute atomic E-state index is 0. The summed E-state index contributed by atoms with van der Waals surface area (Å²) in [7, 11) is 3.49. The average molecular weight is 423 g/mol. The number of aliphatic imine (C=N–C) groups is 1. The Hall–Kier alpha value is -0.630. The number of aryl methyl sites for hydroxylation is 1. The highest BCUT2D eigenvalue weighted by Gasteiger charge is 2.04. The molecule has 0 aliphatic rings. The molecule has 1 rings (SSSR count). The first kappa shape index (κ1) is 20.4. The maximum Gasteiger partial charge on any atom is 0.191 e. The third-order valence-electron chi connectivity index (χ3n) is 2.93. The fourth-order valence-electron chi connectivity index (χ4n) is 1.82. The molecule has 4 nitrogen and oxygen atoms in total. The Kier molecular flexibility index (Phi) is 11.6. The highest BCUT2D eigenvalue weighted by atomic mass is 127. The number of ether oxygens (including phenoxy) is 1. The summed E-state index contributed by atoms with van der Waals surface area (Å²) in [4.78, 5) is 4.22. The lowest BCUT2D eigenvalue weighted by Crippen LogP contribution is -2.37. The van der Waals surface area contributed by atoms with E-state index in [1.54, 1.807) is 14.2 Å². The lowest BCUT2D eigenvalue weighted by atomic mass is 10.1. The molecule has 120 valence electrons.